The molecule has 0 fully saturated rings. The summed E-state index contributed by atoms with van der Waals surface area (Å²) in [5.74, 6) is 0. The largest absolute Gasteiger partial charge is 0.416 e. The van der Waals surface area contributed by atoms with Gasteiger partial charge in [-0.25, -0.2) is 0 Å². The minimum absolute atomic E-state index is 0.337. The Balaban J connectivity index is 3.67. The van der Waals surface area contributed by atoms with Crippen LogP contribution in [0.15, 0.2) is 0 Å². The minimum Gasteiger partial charge on any atom is -0.416 e. The Kier molecular flexibility index (Phi) is 10.2. The third-order valence-corrected chi connectivity index (χ3v) is 9.79. The van der Waals surface area contributed by atoms with E-state index in [0.29, 0.717) is 8.96 Å². The summed E-state index contributed by atoms with van der Waals surface area (Å²) in [6, 6.07) is 0. The fourth-order valence-corrected chi connectivity index (χ4v) is 3.76. The fraction of sp³-hybridized carbons (Fsp3) is 1.00. The zero-order valence-corrected chi connectivity index (χ0v) is 17.2. The van der Waals surface area contributed by atoms with E-state index in [0.717, 1.165) is 6.61 Å². The number of hydrogen-bond acceptors (Lipinski definition) is 1. The van der Waals surface area contributed by atoms with E-state index in [1.54, 1.807) is 0 Å². The zero-order chi connectivity index (χ0) is 14.9. The van der Waals surface area contributed by atoms with Crippen molar-refractivity contribution >= 4 is 30.9 Å². The summed E-state index contributed by atoms with van der Waals surface area (Å²) in [4.78, 5) is 0. The minimum atomic E-state index is -1.54. The second-order valence-electron chi connectivity index (χ2n) is 7.23. The van der Waals surface area contributed by atoms with Crippen LogP contribution in [0.5, 0.6) is 0 Å². The first-order valence-electron chi connectivity index (χ1n) is 7.98. The lowest BCUT2D eigenvalue weighted by molar-refractivity contribution is 0.286. The fourth-order valence-electron chi connectivity index (χ4n) is 1.74. The van der Waals surface area contributed by atoms with Crippen molar-refractivity contribution in [2.24, 2.45) is 0 Å². The van der Waals surface area contributed by atoms with E-state index in [1.165, 1.54) is 44.9 Å². The standard InChI is InChI=1S/C16H35IOSi/c1-7-8-9-10-11-12-13-15(17)14-18-19(5,6)16(2,3)4/h15H,7-14H2,1-6H3. The second kappa shape index (κ2) is 9.77. The van der Waals surface area contributed by atoms with Gasteiger partial charge in [0.05, 0.1) is 0 Å². The van der Waals surface area contributed by atoms with Gasteiger partial charge in [0.25, 0.3) is 0 Å². The summed E-state index contributed by atoms with van der Waals surface area (Å²) >= 11 is 2.58. The van der Waals surface area contributed by atoms with Crippen LogP contribution in [0.1, 0.15) is 72.6 Å². The highest BCUT2D eigenvalue weighted by Gasteiger charge is 2.37. The van der Waals surface area contributed by atoms with E-state index < -0.39 is 8.32 Å². The molecule has 0 aromatic carbocycles. The van der Waals surface area contributed by atoms with Crippen molar-refractivity contribution in [3.05, 3.63) is 0 Å². The first-order chi connectivity index (χ1) is 8.70. The van der Waals surface area contributed by atoms with Gasteiger partial charge in [0.15, 0.2) is 8.32 Å². The molecule has 116 valence electrons. The van der Waals surface area contributed by atoms with Crippen molar-refractivity contribution in [3.63, 3.8) is 0 Å². The van der Waals surface area contributed by atoms with Gasteiger partial charge in [0, 0.05) is 10.5 Å². The number of alkyl halides is 1. The van der Waals surface area contributed by atoms with Crippen LogP contribution in [0.3, 0.4) is 0 Å². The van der Waals surface area contributed by atoms with Crippen molar-refractivity contribution in [2.45, 2.75) is 94.7 Å². The maximum atomic E-state index is 6.28. The molecule has 0 bridgehead atoms. The van der Waals surface area contributed by atoms with Crippen molar-refractivity contribution in [1.82, 2.24) is 0 Å². The van der Waals surface area contributed by atoms with E-state index in [-0.39, 0.29) is 0 Å². The highest BCUT2D eigenvalue weighted by Crippen LogP contribution is 2.36. The highest BCUT2D eigenvalue weighted by molar-refractivity contribution is 14.1. The molecule has 1 unspecified atom stereocenters. The van der Waals surface area contributed by atoms with Crippen molar-refractivity contribution < 1.29 is 4.43 Å². The SMILES string of the molecule is CCCCCCCCC(I)CO[Si](C)(C)C(C)(C)C. The Bertz CT molecular complexity index is 223. The van der Waals surface area contributed by atoms with Gasteiger partial charge in [-0.1, -0.05) is 88.8 Å². The van der Waals surface area contributed by atoms with Crippen LogP contribution in [0.25, 0.3) is 0 Å². The van der Waals surface area contributed by atoms with Crippen LogP contribution in [-0.2, 0) is 4.43 Å². The quantitative estimate of drug-likeness (QED) is 0.175. The number of hydrogen-bond donors (Lipinski definition) is 0. The van der Waals surface area contributed by atoms with Crippen LogP contribution in [0.4, 0.5) is 0 Å². The molecule has 0 spiro atoms. The third kappa shape index (κ3) is 9.46. The molecule has 0 aromatic rings. The van der Waals surface area contributed by atoms with Gasteiger partial charge in [-0.05, 0) is 24.6 Å². The van der Waals surface area contributed by atoms with Crippen molar-refractivity contribution in [1.29, 1.82) is 0 Å². The molecule has 0 aromatic heterocycles. The molecule has 0 saturated carbocycles. The zero-order valence-electron chi connectivity index (χ0n) is 14.0. The maximum absolute atomic E-state index is 6.28. The van der Waals surface area contributed by atoms with Crippen molar-refractivity contribution in [3.8, 4) is 0 Å². The summed E-state index contributed by atoms with van der Waals surface area (Å²) in [6.45, 7) is 14.9. The van der Waals surface area contributed by atoms with Crippen LogP contribution >= 0.6 is 22.6 Å². The Morgan fingerprint density at radius 2 is 1.53 bits per heavy atom. The molecule has 1 nitrogen and oxygen atoms in total. The first kappa shape index (κ1) is 19.9. The van der Waals surface area contributed by atoms with Crippen LogP contribution in [0.2, 0.25) is 18.1 Å². The molecule has 3 heteroatoms. The number of rotatable bonds is 10. The molecule has 0 aliphatic rings. The van der Waals surface area contributed by atoms with Gasteiger partial charge >= 0.3 is 0 Å². The molecular weight excluding hydrogens is 363 g/mol. The normalized spacial score (nSPS) is 14.7. The Morgan fingerprint density at radius 3 is 2.05 bits per heavy atom. The van der Waals surface area contributed by atoms with E-state index in [1.807, 2.05) is 0 Å². The third-order valence-electron chi connectivity index (χ3n) is 4.30. The van der Waals surface area contributed by atoms with Gasteiger partial charge in [0.2, 0.25) is 0 Å². The van der Waals surface area contributed by atoms with Crippen LogP contribution < -0.4 is 0 Å². The lowest BCUT2D eigenvalue weighted by Crippen LogP contribution is -2.42. The maximum Gasteiger partial charge on any atom is 0.192 e. The molecule has 19 heavy (non-hydrogen) atoms. The summed E-state index contributed by atoms with van der Waals surface area (Å²) in [5.41, 5.74) is 0. The van der Waals surface area contributed by atoms with E-state index in [4.69, 9.17) is 4.43 Å². The molecule has 0 saturated heterocycles. The summed E-state index contributed by atoms with van der Waals surface area (Å²) in [5, 5.41) is 0.337. The lowest BCUT2D eigenvalue weighted by atomic mass is 10.1. The molecule has 0 aliphatic carbocycles. The first-order valence-corrected chi connectivity index (χ1v) is 12.1. The molecule has 0 amide bonds. The molecular formula is C16H35IOSi. The Morgan fingerprint density at radius 1 is 1.00 bits per heavy atom. The summed E-state index contributed by atoms with van der Waals surface area (Å²) in [7, 11) is -1.54. The molecule has 0 rings (SSSR count). The monoisotopic (exact) mass is 398 g/mol. The van der Waals surface area contributed by atoms with Gasteiger partial charge in [-0.3, -0.25) is 0 Å². The lowest BCUT2D eigenvalue weighted by Gasteiger charge is -2.36. The van der Waals surface area contributed by atoms with Crippen LogP contribution in [-0.4, -0.2) is 18.8 Å². The van der Waals surface area contributed by atoms with Gasteiger partial charge in [-0.15, -0.1) is 0 Å². The van der Waals surface area contributed by atoms with Gasteiger partial charge in [0.1, 0.15) is 0 Å². The predicted octanol–water partition coefficient (Wildman–Crippen LogP) is 6.56. The smallest absolute Gasteiger partial charge is 0.192 e. The second-order valence-corrected chi connectivity index (χ2v) is 13.8. The van der Waals surface area contributed by atoms with E-state index in [2.05, 4.69) is 63.4 Å². The summed E-state index contributed by atoms with van der Waals surface area (Å²) in [6.07, 6.45) is 9.68. The van der Waals surface area contributed by atoms with Crippen LogP contribution in [0, 0.1) is 0 Å². The molecule has 0 radical (unpaired) electrons. The molecule has 0 N–H and O–H groups in total. The Hall–Kier alpha value is 0.907. The predicted molar refractivity (Wildman–Crippen MR) is 99.0 cm³/mol. The number of unbranched alkanes of at least 4 members (excludes halogenated alkanes) is 5. The van der Waals surface area contributed by atoms with E-state index in [9.17, 15) is 0 Å². The molecule has 0 heterocycles. The average molecular weight is 398 g/mol. The van der Waals surface area contributed by atoms with Gasteiger partial charge in [-0.2, -0.15) is 0 Å². The topological polar surface area (TPSA) is 9.23 Å². The summed E-state index contributed by atoms with van der Waals surface area (Å²) < 4.78 is 6.98. The Labute approximate surface area is 136 Å². The van der Waals surface area contributed by atoms with Gasteiger partial charge < -0.3 is 4.43 Å². The van der Waals surface area contributed by atoms with Crippen molar-refractivity contribution in [2.75, 3.05) is 6.61 Å². The van der Waals surface area contributed by atoms with E-state index >= 15 is 0 Å². The highest BCUT2D eigenvalue weighted by atomic mass is 127. The molecule has 0 aliphatic heterocycles. The number of halogens is 1. The molecule has 1 atom stereocenters. The average Bonchev–Trinajstić information content (AvgIpc) is 2.29.